The molecule has 0 unspecified atom stereocenters. The summed E-state index contributed by atoms with van der Waals surface area (Å²) in [6.07, 6.45) is 1.41. The molecule has 4 heteroatoms. The van der Waals surface area contributed by atoms with Gasteiger partial charge in [-0.05, 0) is 25.8 Å². The molecule has 0 saturated heterocycles. The highest BCUT2D eigenvalue weighted by atomic mass is 32.1. The Labute approximate surface area is 128 Å². The van der Waals surface area contributed by atoms with E-state index in [1.807, 2.05) is 0 Å². The van der Waals surface area contributed by atoms with E-state index in [-0.39, 0.29) is 0 Å². The number of imidazole rings is 1. The third-order valence-electron chi connectivity index (χ3n) is 3.91. The lowest BCUT2D eigenvalue weighted by atomic mass is 10.1. The van der Waals surface area contributed by atoms with Crippen LogP contribution in [0.2, 0.25) is 0 Å². The standard InChI is InChI=1S/C17H17N3S/c1-4-13-5-7-14(8-6-13)16-15(9-10-18)20-11(2)12(3)21-17(20)19-16/h5-8H,4,9H2,1-3H3. The molecule has 106 valence electrons. The normalized spacial score (nSPS) is 11.0. The Kier molecular flexibility index (Phi) is 3.52. The first kappa shape index (κ1) is 13.8. The summed E-state index contributed by atoms with van der Waals surface area (Å²) in [7, 11) is 0. The van der Waals surface area contributed by atoms with E-state index in [1.165, 1.54) is 16.1 Å². The second-order valence-electron chi connectivity index (χ2n) is 5.15. The quantitative estimate of drug-likeness (QED) is 0.722. The van der Waals surface area contributed by atoms with Gasteiger partial charge in [0, 0.05) is 16.1 Å². The molecule has 0 aliphatic carbocycles. The van der Waals surface area contributed by atoms with Crippen molar-refractivity contribution in [3.63, 3.8) is 0 Å². The molecule has 0 aliphatic rings. The van der Waals surface area contributed by atoms with Gasteiger partial charge in [0.1, 0.15) is 0 Å². The number of rotatable bonds is 3. The number of aromatic nitrogens is 2. The van der Waals surface area contributed by atoms with Gasteiger partial charge in [0.25, 0.3) is 0 Å². The van der Waals surface area contributed by atoms with Crippen LogP contribution in [-0.2, 0) is 12.8 Å². The van der Waals surface area contributed by atoms with Crippen molar-refractivity contribution in [1.29, 1.82) is 5.26 Å². The Hall–Kier alpha value is -2.12. The Morgan fingerprint density at radius 1 is 1.24 bits per heavy atom. The number of aryl methyl sites for hydroxylation is 3. The number of nitrogens with zero attached hydrogens (tertiary/aromatic N) is 3. The van der Waals surface area contributed by atoms with Crippen LogP contribution in [0.5, 0.6) is 0 Å². The van der Waals surface area contributed by atoms with Crippen molar-refractivity contribution in [2.75, 3.05) is 0 Å². The van der Waals surface area contributed by atoms with Gasteiger partial charge in [-0.3, -0.25) is 4.40 Å². The molecule has 3 rings (SSSR count). The first-order chi connectivity index (χ1) is 10.2. The predicted octanol–water partition coefficient (Wildman–Crippen LogP) is 4.31. The monoisotopic (exact) mass is 295 g/mol. The van der Waals surface area contributed by atoms with E-state index in [0.717, 1.165) is 28.3 Å². The van der Waals surface area contributed by atoms with Gasteiger partial charge in [-0.25, -0.2) is 4.98 Å². The fourth-order valence-electron chi connectivity index (χ4n) is 2.58. The van der Waals surface area contributed by atoms with Crippen LogP contribution in [0, 0.1) is 25.2 Å². The third-order valence-corrected chi connectivity index (χ3v) is 4.97. The van der Waals surface area contributed by atoms with Gasteiger partial charge in [0.15, 0.2) is 4.96 Å². The van der Waals surface area contributed by atoms with Crippen molar-refractivity contribution in [2.45, 2.75) is 33.6 Å². The smallest absolute Gasteiger partial charge is 0.194 e. The Morgan fingerprint density at radius 2 is 1.95 bits per heavy atom. The maximum atomic E-state index is 9.16. The molecule has 0 spiro atoms. The number of hydrogen-bond donors (Lipinski definition) is 0. The molecule has 2 heterocycles. The molecule has 0 N–H and O–H groups in total. The molecule has 1 aromatic carbocycles. The minimum absolute atomic E-state index is 0.378. The molecular weight excluding hydrogens is 278 g/mol. The summed E-state index contributed by atoms with van der Waals surface area (Å²) < 4.78 is 2.13. The Balaban J connectivity index is 2.21. The van der Waals surface area contributed by atoms with E-state index in [1.54, 1.807) is 11.3 Å². The molecule has 0 saturated carbocycles. The van der Waals surface area contributed by atoms with Gasteiger partial charge in [-0.15, -0.1) is 11.3 Å². The van der Waals surface area contributed by atoms with Gasteiger partial charge in [-0.2, -0.15) is 5.26 Å². The third kappa shape index (κ3) is 2.24. The van der Waals surface area contributed by atoms with Crippen molar-refractivity contribution in [2.24, 2.45) is 0 Å². The Morgan fingerprint density at radius 3 is 2.57 bits per heavy atom. The van der Waals surface area contributed by atoms with Crippen molar-refractivity contribution >= 4 is 16.3 Å². The first-order valence-corrected chi connectivity index (χ1v) is 7.91. The van der Waals surface area contributed by atoms with Crippen LogP contribution in [-0.4, -0.2) is 9.38 Å². The maximum absolute atomic E-state index is 9.16. The molecule has 0 amide bonds. The lowest BCUT2D eigenvalue weighted by Crippen LogP contribution is -1.95. The fourth-order valence-corrected chi connectivity index (χ4v) is 3.57. The highest BCUT2D eigenvalue weighted by Gasteiger charge is 2.18. The maximum Gasteiger partial charge on any atom is 0.194 e. The van der Waals surface area contributed by atoms with E-state index >= 15 is 0 Å². The molecule has 2 aromatic heterocycles. The fraction of sp³-hybridized carbons (Fsp3) is 0.294. The van der Waals surface area contributed by atoms with E-state index in [0.29, 0.717) is 6.42 Å². The highest BCUT2D eigenvalue weighted by molar-refractivity contribution is 7.17. The van der Waals surface area contributed by atoms with Crippen molar-refractivity contribution in [3.8, 4) is 17.3 Å². The minimum Gasteiger partial charge on any atom is -0.290 e. The summed E-state index contributed by atoms with van der Waals surface area (Å²) in [4.78, 5) is 7.00. The minimum atomic E-state index is 0.378. The molecule has 3 nitrogen and oxygen atoms in total. The predicted molar refractivity (Wildman–Crippen MR) is 86.7 cm³/mol. The van der Waals surface area contributed by atoms with Crippen LogP contribution in [0.25, 0.3) is 16.2 Å². The van der Waals surface area contributed by atoms with Gasteiger partial charge in [-0.1, -0.05) is 31.2 Å². The van der Waals surface area contributed by atoms with E-state index < -0.39 is 0 Å². The van der Waals surface area contributed by atoms with Crippen LogP contribution in [0.1, 0.15) is 28.8 Å². The van der Waals surface area contributed by atoms with Crippen LogP contribution in [0.3, 0.4) is 0 Å². The topological polar surface area (TPSA) is 41.1 Å². The zero-order valence-electron chi connectivity index (χ0n) is 12.5. The second-order valence-corrected chi connectivity index (χ2v) is 6.34. The molecule has 21 heavy (non-hydrogen) atoms. The first-order valence-electron chi connectivity index (χ1n) is 7.09. The zero-order chi connectivity index (χ0) is 15.0. The van der Waals surface area contributed by atoms with Crippen molar-refractivity contribution < 1.29 is 0 Å². The number of fused-ring (bicyclic) bond motifs is 1. The molecule has 0 atom stereocenters. The van der Waals surface area contributed by atoms with Gasteiger partial charge in [0.2, 0.25) is 0 Å². The van der Waals surface area contributed by atoms with Gasteiger partial charge < -0.3 is 0 Å². The van der Waals surface area contributed by atoms with Crippen molar-refractivity contribution in [3.05, 3.63) is 46.1 Å². The van der Waals surface area contributed by atoms with Crippen LogP contribution in [0.15, 0.2) is 24.3 Å². The van der Waals surface area contributed by atoms with E-state index in [2.05, 4.69) is 55.5 Å². The molecule has 0 bridgehead atoms. The van der Waals surface area contributed by atoms with Crippen molar-refractivity contribution in [1.82, 2.24) is 9.38 Å². The zero-order valence-corrected chi connectivity index (χ0v) is 13.3. The van der Waals surface area contributed by atoms with Crippen LogP contribution < -0.4 is 0 Å². The summed E-state index contributed by atoms with van der Waals surface area (Å²) >= 11 is 1.68. The van der Waals surface area contributed by atoms with Crippen LogP contribution >= 0.6 is 11.3 Å². The summed E-state index contributed by atoms with van der Waals surface area (Å²) in [5.41, 5.74) is 5.52. The SMILES string of the molecule is CCc1ccc(-c2nc3sc(C)c(C)n3c2CC#N)cc1. The number of thiazole rings is 1. The number of benzene rings is 1. The summed E-state index contributed by atoms with van der Waals surface area (Å²) in [5.74, 6) is 0. The molecule has 3 aromatic rings. The lowest BCUT2D eigenvalue weighted by Gasteiger charge is -2.04. The van der Waals surface area contributed by atoms with E-state index in [4.69, 9.17) is 10.2 Å². The molecule has 0 aliphatic heterocycles. The van der Waals surface area contributed by atoms with Gasteiger partial charge >= 0.3 is 0 Å². The number of nitriles is 1. The average molecular weight is 295 g/mol. The average Bonchev–Trinajstić information content (AvgIpc) is 2.98. The van der Waals surface area contributed by atoms with E-state index in [9.17, 15) is 0 Å². The lowest BCUT2D eigenvalue weighted by molar-refractivity contribution is 1.02. The second kappa shape index (κ2) is 5.34. The van der Waals surface area contributed by atoms with Gasteiger partial charge in [0.05, 0.1) is 23.9 Å². The van der Waals surface area contributed by atoms with Crippen LogP contribution in [0.4, 0.5) is 0 Å². The summed E-state index contributed by atoms with van der Waals surface area (Å²) in [5, 5.41) is 9.16. The molecule has 0 radical (unpaired) electrons. The summed E-state index contributed by atoms with van der Waals surface area (Å²) in [6.45, 7) is 6.33. The number of hydrogen-bond acceptors (Lipinski definition) is 3. The highest BCUT2D eigenvalue weighted by Crippen LogP contribution is 2.31. The molecular formula is C17H17N3S. The largest absolute Gasteiger partial charge is 0.290 e. The molecule has 0 fully saturated rings. The Bertz CT molecular complexity index is 832. The summed E-state index contributed by atoms with van der Waals surface area (Å²) in [6, 6.07) is 10.8.